The minimum absolute atomic E-state index is 0.418. The molecule has 0 atom stereocenters. The normalized spacial score (nSPS) is 18.2. The molecule has 156 valence electrons. The van der Waals surface area contributed by atoms with E-state index in [0.29, 0.717) is 45.6 Å². The topological polar surface area (TPSA) is 53.8 Å². The van der Waals surface area contributed by atoms with Crippen LogP contribution in [0.25, 0.3) is 0 Å². The summed E-state index contributed by atoms with van der Waals surface area (Å²) in [6.07, 6.45) is -3.10. The fourth-order valence-electron chi connectivity index (χ4n) is 3.58. The predicted molar refractivity (Wildman–Crippen MR) is 101 cm³/mol. The number of aromatic nitrogens is 2. The van der Waals surface area contributed by atoms with Crippen molar-refractivity contribution in [1.82, 2.24) is 14.7 Å². The van der Waals surface area contributed by atoms with Crippen molar-refractivity contribution in [2.45, 2.75) is 6.18 Å². The molecule has 0 radical (unpaired) electrons. The van der Waals surface area contributed by atoms with Crippen LogP contribution in [0.1, 0.15) is 5.56 Å². The first-order chi connectivity index (χ1) is 13.9. The molecule has 0 bridgehead atoms. The summed E-state index contributed by atoms with van der Waals surface area (Å²) in [7, 11) is 0. The summed E-state index contributed by atoms with van der Waals surface area (Å²) in [5.41, 5.74) is 1.28. The third kappa shape index (κ3) is 4.31. The molecule has 1 aromatic carbocycles. The summed E-state index contributed by atoms with van der Waals surface area (Å²) in [6.45, 7) is 5.19. The van der Waals surface area contributed by atoms with Gasteiger partial charge in [0.05, 0.1) is 25.0 Å². The summed E-state index contributed by atoms with van der Waals surface area (Å²) in [5.74, 6) is 0. The fourth-order valence-corrected chi connectivity index (χ4v) is 3.58. The summed E-state index contributed by atoms with van der Waals surface area (Å²) < 4.78 is 44.3. The van der Waals surface area contributed by atoms with Gasteiger partial charge in [-0.1, -0.05) is 6.07 Å². The molecule has 0 N–H and O–H groups in total. The number of benzene rings is 1. The van der Waals surface area contributed by atoms with Gasteiger partial charge in [0.25, 0.3) is 0 Å². The number of morpholine rings is 1. The third-order valence-corrected chi connectivity index (χ3v) is 5.23. The Bertz CT molecular complexity index is 856. The van der Waals surface area contributed by atoms with Crippen LogP contribution in [-0.4, -0.2) is 73.2 Å². The highest BCUT2D eigenvalue weighted by Crippen LogP contribution is 2.29. The maximum absolute atomic E-state index is 12.7. The number of amides is 1. The highest BCUT2D eigenvalue weighted by molar-refractivity contribution is 5.76. The van der Waals surface area contributed by atoms with Crippen molar-refractivity contribution in [2.75, 3.05) is 62.3 Å². The number of halogens is 3. The zero-order chi connectivity index (χ0) is 20.4. The third-order valence-electron chi connectivity index (χ3n) is 5.23. The van der Waals surface area contributed by atoms with E-state index in [0.717, 1.165) is 35.3 Å². The quantitative estimate of drug-likeness (QED) is 0.763. The van der Waals surface area contributed by atoms with Gasteiger partial charge in [-0.25, -0.2) is 4.79 Å². The van der Waals surface area contributed by atoms with Gasteiger partial charge < -0.3 is 19.4 Å². The molecule has 2 aliphatic heterocycles. The number of hydrogen-bond acceptors (Lipinski definition) is 5. The lowest BCUT2D eigenvalue weighted by Gasteiger charge is -2.36. The second-order valence-electron chi connectivity index (χ2n) is 7.05. The molecule has 0 saturated carbocycles. The average molecular weight is 409 g/mol. The molecule has 2 aliphatic rings. The molecule has 2 aromatic rings. The van der Waals surface area contributed by atoms with Crippen LogP contribution in [0.5, 0.6) is 0 Å². The van der Waals surface area contributed by atoms with E-state index in [-0.39, 0.29) is 0 Å². The van der Waals surface area contributed by atoms with E-state index in [4.69, 9.17) is 4.74 Å². The van der Waals surface area contributed by atoms with Crippen molar-refractivity contribution >= 4 is 17.4 Å². The first-order valence-corrected chi connectivity index (χ1v) is 9.51. The molecule has 7 nitrogen and oxygen atoms in total. The van der Waals surface area contributed by atoms with Crippen LogP contribution in [-0.2, 0) is 10.9 Å². The average Bonchev–Trinajstić information content (AvgIpc) is 3.25. The number of rotatable bonds is 2. The van der Waals surface area contributed by atoms with Gasteiger partial charge in [-0.05, 0) is 18.2 Å². The Morgan fingerprint density at radius 3 is 2.17 bits per heavy atom. The minimum atomic E-state index is -4.51. The number of carbonyl (C=O) groups excluding carboxylic acids is 1. The zero-order valence-corrected chi connectivity index (χ0v) is 15.8. The summed E-state index contributed by atoms with van der Waals surface area (Å²) in [6, 6.07) is 7.71. The van der Waals surface area contributed by atoms with Crippen LogP contribution in [0.15, 0.2) is 36.7 Å². The van der Waals surface area contributed by atoms with Crippen LogP contribution in [0.2, 0.25) is 0 Å². The lowest BCUT2D eigenvalue weighted by atomic mass is 10.2. The molecular formula is C19H22F3N5O2. The summed E-state index contributed by atoms with van der Waals surface area (Å²) in [5, 5.41) is 3.57. The number of nitrogens with zero attached hydrogens (tertiary/aromatic N) is 5. The van der Waals surface area contributed by atoms with Crippen molar-refractivity contribution in [1.29, 1.82) is 0 Å². The predicted octanol–water partition coefficient (Wildman–Crippen LogP) is 2.53. The van der Waals surface area contributed by atoms with Crippen LogP contribution in [0.3, 0.4) is 0 Å². The van der Waals surface area contributed by atoms with Crippen molar-refractivity contribution in [3.05, 3.63) is 42.2 Å². The Kier molecular flexibility index (Phi) is 5.35. The van der Waals surface area contributed by atoms with Gasteiger partial charge >= 0.3 is 12.2 Å². The van der Waals surface area contributed by atoms with E-state index in [1.165, 1.54) is 4.90 Å². The van der Waals surface area contributed by atoms with E-state index in [1.54, 1.807) is 0 Å². The van der Waals surface area contributed by atoms with Crippen molar-refractivity contribution in [3.63, 3.8) is 0 Å². The number of hydrogen-bond donors (Lipinski definition) is 0. The van der Waals surface area contributed by atoms with Crippen LogP contribution >= 0.6 is 0 Å². The first-order valence-electron chi connectivity index (χ1n) is 9.51. The molecule has 0 spiro atoms. The highest BCUT2D eigenvalue weighted by Gasteiger charge is 2.33. The molecule has 10 heteroatoms. The minimum Gasteiger partial charge on any atom is -0.378 e. The maximum Gasteiger partial charge on any atom is 0.419 e. The van der Waals surface area contributed by atoms with E-state index < -0.39 is 17.8 Å². The van der Waals surface area contributed by atoms with Crippen LogP contribution < -0.4 is 9.80 Å². The molecule has 3 heterocycles. The lowest BCUT2D eigenvalue weighted by Crippen LogP contribution is -2.50. The number of alkyl halides is 3. The van der Waals surface area contributed by atoms with E-state index in [2.05, 4.69) is 27.0 Å². The molecule has 0 aliphatic carbocycles. The SMILES string of the molecule is O=C(N1CCN(c2cccc(N3CCOCC3)c2)CC1)n1cc(C(F)(F)F)cn1. The maximum atomic E-state index is 12.7. The molecule has 2 saturated heterocycles. The Morgan fingerprint density at radius 1 is 0.966 bits per heavy atom. The molecule has 0 unspecified atom stereocenters. The summed E-state index contributed by atoms with van der Waals surface area (Å²) in [4.78, 5) is 18.4. The van der Waals surface area contributed by atoms with Gasteiger partial charge in [0.2, 0.25) is 0 Å². The van der Waals surface area contributed by atoms with Gasteiger partial charge in [0, 0.05) is 56.8 Å². The van der Waals surface area contributed by atoms with E-state index in [9.17, 15) is 18.0 Å². The van der Waals surface area contributed by atoms with E-state index in [1.807, 2.05) is 12.1 Å². The van der Waals surface area contributed by atoms with Gasteiger partial charge in [-0.2, -0.15) is 23.0 Å². The smallest absolute Gasteiger partial charge is 0.378 e. The molecule has 2 fully saturated rings. The molecule has 29 heavy (non-hydrogen) atoms. The van der Waals surface area contributed by atoms with Gasteiger partial charge in [-0.3, -0.25) is 0 Å². The Morgan fingerprint density at radius 2 is 1.59 bits per heavy atom. The Hall–Kier alpha value is -2.75. The van der Waals surface area contributed by atoms with Gasteiger partial charge in [-0.15, -0.1) is 0 Å². The number of carbonyl (C=O) groups is 1. The molecular weight excluding hydrogens is 387 g/mol. The Balaban J connectivity index is 1.38. The second kappa shape index (κ2) is 7.94. The Labute approximate surface area is 166 Å². The lowest BCUT2D eigenvalue weighted by molar-refractivity contribution is -0.137. The zero-order valence-electron chi connectivity index (χ0n) is 15.8. The fraction of sp³-hybridized carbons (Fsp3) is 0.474. The number of anilines is 2. The molecule has 4 rings (SSSR count). The first kappa shape index (κ1) is 19.6. The molecule has 1 amide bonds. The van der Waals surface area contributed by atoms with Crippen molar-refractivity contribution in [2.24, 2.45) is 0 Å². The highest BCUT2D eigenvalue weighted by atomic mass is 19.4. The standard InChI is InChI=1S/C19H22F3N5O2/c20-19(21,22)15-13-23-27(14-15)18(28)26-6-4-24(5-7-26)16-2-1-3-17(12-16)25-8-10-29-11-9-25/h1-3,12-14H,4-11H2. The van der Waals surface area contributed by atoms with Crippen molar-refractivity contribution < 1.29 is 22.7 Å². The summed E-state index contributed by atoms with van der Waals surface area (Å²) >= 11 is 0. The van der Waals surface area contributed by atoms with Crippen LogP contribution in [0.4, 0.5) is 29.3 Å². The van der Waals surface area contributed by atoms with Crippen molar-refractivity contribution in [3.8, 4) is 0 Å². The van der Waals surface area contributed by atoms with E-state index >= 15 is 0 Å². The van der Waals surface area contributed by atoms with Crippen LogP contribution in [0, 0.1) is 0 Å². The van der Waals surface area contributed by atoms with Gasteiger partial charge in [0.1, 0.15) is 0 Å². The number of piperazine rings is 1. The van der Waals surface area contributed by atoms with Gasteiger partial charge in [0.15, 0.2) is 0 Å². The number of ether oxygens (including phenoxy) is 1. The monoisotopic (exact) mass is 409 g/mol. The largest absolute Gasteiger partial charge is 0.419 e. The molecule has 1 aromatic heterocycles. The second-order valence-corrected chi connectivity index (χ2v) is 7.05.